The number of benzene rings is 1. The second kappa shape index (κ2) is 4.97. The smallest absolute Gasteiger partial charge is 0.145 e. The largest absolute Gasteiger partial charge is 0.320 e. The van der Waals surface area contributed by atoms with Gasteiger partial charge in [-0.25, -0.2) is 13.5 Å². The van der Waals surface area contributed by atoms with Crippen molar-refractivity contribution in [3.63, 3.8) is 0 Å². The summed E-state index contributed by atoms with van der Waals surface area (Å²) in [5.74, 6) is -1.26. The van der Waals surface area contributed by atoms with Crippen molar-refractivity contribution >= 4 is 15.9 Å². The molecular formula is C12H13BrF2N4. The Labute approximate surface area is 117 Å². The van der Waals surface area contributed by atoms with Crippen LogP contribution in [0, 0.1) is 11.6 Å². The maximum absolute atomic E-state index is 13.8. The molecule has 102 valence electrons. The number of rotatable bonds is 3. The zero-order valence-electron chi connectivity index (χ0n) is 10.5. The molecule has 2 aromatic rings. The van der Waals surface area contributed by atoms with E-state index in [4.69, 9.17) is 5.73 Å². The van der Waals surface area contributed by atoms with Crippen LogP contribution < -0.4 is 5.73 Å². The Bertz CT molecular complexity index is 604. The van der Waals surface area contributed by atoms with Crippen LogP contribution in [0.25, 0.3) is 0 Å². The van der Waals surface area contributed by atoms with Gasteiger partial charge in [-0.2, -0.15) is 0 Å². The molecule has 0 aliphatic carbocycles. The molecular weight excluding hydrogens is 318 g/mol. The quantitative estimate of drug-likeness (QED) is 0.880. The highest BCUT2D eigenvalue weighted by atomic mass is 79.9. The lowest BCUT2D eigenvalue weighted by molar-refractivity contribution is 0.524. The molecule has 19 heavy (non-hydrogen) atoms. The Morgan fingerprint density at radius 1 is 1.37 bits per heavy atom. The maximum Gasteiger partial charge on any atom is 0.145 e. The van der Waals surface area contributed by atoms with Crippen LogP contribution in [-0.2, 0) is 12.1 Å². The standard InChI is InChI=1S/C12H13BrF2N4/c1-12(2,16)10-6-19(18-17-10)5-7-9(14)4-3-8(13)11(7)15/h3-4,6H,5,16H2,1-2H3. The predicted octanol–water partition coefficient (Wildman–Crippen LogP) is 2.56. The van der Waals surface area contributed by atoms with Gasteiger partial charge in [0.05, 0.1) is 22.8 Å². The molecule has 0 saturated heterocycles. The van der Waals surface area contributed by atoms with Gasteiger partial charge in [0.2, 0.25) is 0 Å². The topological polar surface area (TPSA) is 56.7 Å². The average molecular weight is 331 g/mol. The molecule has 2 N–H and O–H groups in total. The van der Waals surface area contributed by atoms with E-state index in [2.05, 4.69) is 26.2 Å². The number of hydrogen-bond donors (Lipinski definition) is 1. The molecule has 7 heteroatoms. The van der Waals surface area contributed by atoms with Gasteiger partial charge in [-0.05, 0) is 41.9 Å². The Balaban J connectivity index is 2.32. The van der Waals surface area contributed by atoms with Gasteiger partial charge < -0.3 is 5.73 Å². The zero-order chi connectivity index (χ0) is 14.2. The molecule has 0 atom stereocenters. The molecule has 0 aliphatic heterocycles. The summed E-state index contributed by atoms with van der Waals surface area (Å²) in [5, 5.41) is 7.72. The second-order valence-electron chi connectivity index (χ2n) is 4.84. The molecule has 0 fully saturated rings. The van der Waals surface area contributed by atoms with E-state index < -0.39 is 17.2 Å². The first-order valence-electron chi connectivity index (χ1n) is 5.61. The second-order valence-corrected chi connectivity index (χ2v) is 5.70. The first kappa shape index (κ1) is 14.1. The molecule has 2 rings (SSSR count). The Hall–Kier alpha value is -1.34. The number of halogens is 3. The number of nitrogens with two attached hydrogens (primary N) is 1. The summed E-state index contributed by atoms with van der Waals surface area (Å²) in [6, 6.07) is 2.52. The normalized spacial score (nSPS) is 11.9. The van der Waals surface area contributed by atoms with E-state index in [9.17, 15) is 8.78 Å². The Kier molecular flexibility index (Phi) is 3.69. The summed E-state index contributed by atoms with van der Waals surface area (Å²) in [6.45, 7) is 3.52. The fraction of sp³-hybridized carbons (Fsp3) is 0.333. The molecule has 1 heterocycles. The van der Waals surface area contributed by atoms with Crippen molar-refractivity contribution in [2.45, 2.75) is 25.9 Å². The first-order chi connectivity index (χ1) is 8.79. The van der Waals surface area contributed by atoms with Crippen molar-refractivity contribution in [3.05, 3.63) is 45.7 Å². The third-order valence-corrected chi connectivity index (χ3v) is 3.27. The van der Waals surface area contributed by atoms with Gasteiger partial charge in [-0.3, -0.25) is 0 Å². The van der Waals surface area contributed by atoms with E-state index in [1.165, 1.54) is 16.8 Å². The monoisotopic (exact) mass is 330 g/mol. The maximum atomic E-state index is 13.8. The summed E-state index contributed by atoms with van der Waals surface area (Å²) < 4.78 is 29.0. The van der Waals surface area contributed by atoms with E-state index in [0.29, 0.717) is 5.69 Å². The Morgan fingerprint density at radius 2 is 2.05 bits per heavy atom. The third kappa shape index (κ3) is 2.98. The molecule has 0 bridgehead atoms. The third-order valence-electron chi connectivity index (χ3n) is 2.66. The van der Waals surface area contributed by atoms with Crippen LogP contribution >= 0.6 is 15.9 Å². The van der Waals surface area contributed by atoms with Crippen LogP contribution in [0.1, 0.15) is 25.1 Å². The van der Waals surface area contributed by atoms with Crippen molar-refractivity contribution in [2.24, 2.45) is 5.73 Å². The molecule has 1 aromatic heterocycles. The molecule has 0 spiro atoms. The van der Waals surface area contributed by atoms with E-state index in [1.807, 2.05) is 0 Å². The summed E-state index contributed by atoms with van der Waals surface area (Å²) in [4.78, 5) is 0. The lowest BCUT2D eigenvalue weighted by Gasteiger charge is -2.13. The first-order valence-corrected chi connectivity index (χ1v) is 6.40. The van der Waals surface area contributed by atoms with E-state index in [1.54, 1.807) is 20.0 Å². The highest BCUT2D eigenvalue weighted by molar-refractivity contribution is 9.10. The minimum absolute atomic E-state index is 0.0415. The van der Waals surface area contributed by atoms with Crippen LogP contribution in [0.2, 0.25) is 0 Å². The lowest BCUT2D eigenvalue weighted by atomic mass is 10.0. The van der Waals surface area contributed by atoms with Crippen molar-refractivity contribution < 1.29 is 8.78 Å². The van der Waals surface area contributed by atoms with Crippen LogP contribution in [0.5, 0.6) is 0 Å². The Morgan fingerprint density at radius 3 is 2.63 bits per heavy atom. The minimum atomic E-state index is -0.646. The molecule has 1 aromatic carbocycles. The SMILES string of the molecule is CC(C)(N)c1cn(Cc2c(F)ccc(Br)c2F)nn1. The van der Waals surface area contributed by atoms with Crippen molar-refractivity contribution in [1.82, 2.24) is 15.0 Å². The van der Waals surface area contributed by atoms with Crippen molar-refractivity contribution in [1.29, 1.82) is 0 Å². The van der Waals surface area contributed by atoms with Gasteiger partial charge >= 0.3 is 0 Å². The van der Waals surface area contributed by atoms with Crippen LogP contribution in [0.3, 0.4) is 0 Å². The van der Waals surface area contributed by atoms with Gasteiger partial charge in [-0.1, -0.05) is 5.21 Å². The van der Waals surface area contributed by atoms with Crippen molar-refractivity contribution in [2.75, 3.05) is 0 Å². The number of hydrogen-bond acceptors (Lipinski definition) is 3. The lowest BCUT2D eigenvalue weighted by Crippen LogP contribution is -2.29. The fourth-order valence-corrected chi connectivity index (χ4v) is 1.92. The van der Waals surface area contributed by atoms with Gasteiger partial charge in [-0.15, -0.1) is 5.10 Å². The van der Waals surface area contributed by atoms with Gasteiger partial charge in [0.15, 0.2) is 0 Å². The molecule has 0 saturated carbocycles. The van der Waals surface area contributed by atoms with Gasteiger partial charge in [0.25, 0.3) is 0 Å². The molecule has 0 radical (unpaired) electrons. The number of aromatic nitrogens is 3. The molecule has 0 unspecified atom stereocenters. The zero-order valence-corrected chi connectivity index (χ0v) is 12.1. The predicted molar refractivity (Wildman–Crippen MR) is 70.4 cm³/mol. The molecule has 4 nitrogen and oxygen atoms in total. The van der Waals surface area contributed by atoms with E-state index in [-0.39, 0.29) is 16.6 Å². The molecule has 0 aliphatic rings. The average Bonchev–Trinajstić information content (AvgIpc) is 2.78. The summed E-state index contributed by atoms with van der Waals surface area (Å²) in [7, 11) is 0. The highest BCUT2D eigenvalue weighted by Crippen LogP contribution is 2.22. The highest BCUT2D eigenvalue weighted by Gasteiger charge is 2.19. The van der Waals surface area contributed by atoms with Crippen molar-refractivity contribution in [3.8, 4) is 0 Å². The minimum Gasteiger partial charge on any atom is -0.320 e. The van der Waals surface area contributed by atoms with Crippen LogP contribution in [-0.4, -0.2) is 15.0 Å². The van der Waals surface area contributed by atoms with Crippen LogP contribution in [0.15, 0.2) is 22.8 Å². The van der Waals surface area contributed by atoms with E-state index in [0.717, 1.165) is 0 Å². The van der Waals surface area contributed by atoms with E-state index >= 15 is 0 Å². The summed E-state index contributed by atoms with van der Waals surface area (Å²) >= 11 is 3.02. The number of nitrogens with zero attached hydrogens (tertiary/aromatic N) is 3. The fourth-order valence-electron chi connectivity index (χ4n) is 1.55. The van der Waals surface area contributed by atoms with Crippen LogP contribution in [0.4, 0.5) is 8.78 Å². The summed E-state index contributed by atoms with van der Waals surface area (Å²) in [6.07, 6.45) is 1.58. The van der Waals surface area contributed by atoms with Gasteiger partial charge in [0.1, 0.15) is 17.3 Å². The summed E-state index contributed by atoms with van der Waals surface area (Å²) in [5.41, 5.74) is 5.72. The van der Waals surface area contributed by atoms with Gasteiger partial charge in [0, 0.05) is 5.56 Å². The molecule has 0 amide bonds.